The predicted molar refractivity (Wildman–Crippen MR) is 112 cm³/mol. The number of hydrogen-bond acceptors (Lipinski definition) is 5. The van der Waals surface area contributed by atoms with E-state index in [-0.39, 0.29) is 29.1 Å². The molecule has 2 heterocycles. The van der Waals surface area contributed by atoms with Gasteiger partial charge in [-0.2, -0.15) is 0 Å². The zero-order valence-electron chi connectivity index (χ0n) is 16.4. The highest BCUT2D eigenvalue weighted by Gasteiger charge is 2.28. The van der Waals surface area contributed by atoms with Crippen molar-refractivity contribution in [3.8, 4) is 0 Å². The maximum Gasteiger partial charge on any atom is 0.329 e. The fraction of sp³-hybridized carbons (Fsp3) is 0.286. The molecule has 1 aliphatic carbocycles. The number of hydrogen-bond donors (Lipinski definition) is 3. The number of H-pyrrole nitrogens is 1. The van der Waals surface area contributed by atoms with E-state index in [0.29, 0.717) is 17.9 Å². The quantitative estimate of drug-likeness (QED) is 0.569. The lowest BCUT2D eigenvalue weighted by Crippen LogP contribution is -2.35. The number of benzene rings is 1. The van der Waals surface area contributed by atoms with Gasteiger partial charge in [0.2, 0.25) is 5.91 Å². The van der Waals surface area contributed by atoms with Crippen LogP contribution < -0.4 is 21.9 Å². The van der Waals surface area contributed by atoms with E-state index in [0.717, 1.165) is 12.8 Å². The minimum atomic E-state index is -0.673. The largest absolute Gasteiger partial charge is 0.343 e. The zero-order valence-corrected chi connectivity index (χ0v) is 16.4. The fourth-order valence-electron chi connectivity index (χ4n) is 3.34. The number of anilines is 1. The van der Waals surface area contributed by atoms with Crippen LogP contribution in [0.5, 0.6) is 0 Å². The molecule has 1 fully saturated rings. The molecule has 3 aromatic rings. The first-order valence-electron chi connectivity index (χ1n) is 9.78. The molecule has 1 saturated carbocycles. The number of aromatic nitrogens is 3. The van der Waals surface area contributed by atoms with E-state index in [4.69, 9.17) is 0 Å². The number of aryl methyl sites for hydroxylation is 1. The van der Waals surface area contributed by atoms with Crippen LogP contribution in [0.15, 0.2) is 46.0 Å². The third-order valence-electron chi connectivity index (χ3n) is 4.99. The molecule has 0 unspecified atom stereocenters. The van der Waals surface area contributed by atoms with E-state index in [1.807, 2.05) is 6.07 Å². The molecular weight excluding hydrogens is 386 g/mol. The first-order chi connectivity index (χ1) is 14.5. The second kappa shape index (κ2) is 7.94. The summed E-state index contributed by atoms with van der Waals surface area (Å²) in [5.41, 5.74) is 0.351. The van der Waals surface area contributed by atoms with Crippen molar-refractivity contribution in [1.82, 2.24) is 19.9 Å². The van der Waals surface area contributed by atoms with Gasteiger partial charge >= 0.3 is 5.69 Å². The van der Waals surface area contributed by atoms with Gasteiger partial charge in [0.05, 0.1) is 17.5 Å². The Bertz CT molecular complexity index is 1240. The molecule has 1 aromatic carbocycles. The summed E-state index contributed by atoms with van der Waals surface area (Å²) in [7, 11) is 0. The number of para-hydroxylation sites is 1. The van der Waals surface area contributed by atoms with E-state index < -0.39 is 23.1 Å². The molecule has 2 amide bonds. The smallest absolute Gasteiger partial charge is 0.329 e. The summed E-state index contributed by atoms with van der Waals surface area (Å²) < 4.78 is 1.33. The molecule has 9 heteroatoms. The Hall–Kier alpha value is -3.75. The van der Waals surface area contributed by atoms with Gasteiger partial charge in [0.25, 0.3) is 11.5 Å². The second-order valence-electron chi connectivity index (χ2n) is 7.17. The molecule has 0 aliphatic heterocycles. The van der Waals surface area contributed by atoms with Crippen molar-refractivity contribution in [2.24, 2.45) is 0 Å². The van der Waals surface area contributed by atoms with Gasteiger partial charge in [-0.1, -0.05) is 18.2 Å². The van der Waals surface area contributed by atoms with Gasteiger partial charge in [0.1, 0.15) is 0 Å². The zero-order chi connectivity index (χ0) is 21.3. The number of fused-ring (bicyclic) bond motifs is 1. The van der Waals surface area contributed by atoms with Crippen LogP contribution >= 0.6 is 0 Å². The third kappa shape index (κ3) is 3.86. The Labute approximate surface area is 171 Å². The van der Waals surface area contributed by atoms with Gasteiger partial charge in [-0.25, -0.2) is 9.78 Å². The highest BCUT2D eigenvalue weighted by molar-refractivity contribution is 6.07. The molecule has 0 bridgehead atoms. The Morgan fingerprint density at radius 3 is 2.60 bits per heavy atom. The predicted octanol–water partition coefficient (Wildman–Crippen LogP) is 1.35. The average molecular weight is 407 g/mol. The van der Waals surface area contributed by atoms with E-state index in [1.54, 1.807) is 37.3 Å². The first-order valence-corrected chi connectivity index (χ1v) is 9.78. The van der Waals surface area contributed by atoms with Crippen molar-refractivity contribution in [2.75, 3.05) is 11.9 Å². The van der Waals surface area contributed by atoms with E-state index >= 15 is 0 Å². The van der Waals surface area contributed by atoms with Gasteiger partial charge in [0, 0.05) is 23.8 Å². The van der Waals surface area contributed by atoms with E-state index in [9.17, 15) is 19.2 Å². The number of carbonyl (C=O) groups excluding carboxylic acids is 2. The van der Waals surface area contributed by atoms with Crippen LogP contribution in [0.25, 0.3) is 11.0 Å². The van der Waals surface area contributed by atoms with Crippen molar-refractivity contribution in [2.45, 2.75) is 32.2 Å². The molecule has 0 radical (unpaired) electrons. The van der Waals surface area contributed by atoms with Gasteiger partial charge < -0.3 is 10.6 Å². The van der Waals surface area contributed by atoms with Crippen LogP contribution in [0.3, 0.4) is 0 Å². The van der Waals surface area contributed by atoms with Gasteiger partial charge in [0.15, 0.2) is 5.65 Å². The molecule has 0 saturated heterocycles. The number of nitrogens with zero attached hydrogens (tertiary/aromatic N) is 2. The van der Waals surface area contributed by atoms with Crippen molar-refractivity contribution in [3.63, 3.8) is 0 Å². The minimum Gasteiger partial charge on any atom is -0.343 e. The molecule has 3 N–H and O–H groups in total. The van der Waals surface area contributed by atoms with Crippen LogP contribution in [-0.2, 0) is 11.3 Å². The number of rotatable bonds is 6. The second-order valence-corrected chi connectivity index (χ2v) is 7.17. The van der Waals surface area contributed by atoms with Crippen LogP contribution in [0.4, 0.5) is 5.69 Å². The summed E-state index contributed by atoms with van der Waals surface area (Å²) in [6, 6.07) is 10.5. The topological polar surface area (TPSA) is 126 Å². The molecule has 2 aromatic heterocycles. The maximum atomic E-state index is 12.9. The lowest BCUT2D eigenvalue weighted by molar-refractivity contribution is -0.115. The number of amides is 2. The van der Waals surface area contributed by atoms with Crippen LogP contribution in [0.1, 0.15) is 41.7 Å². The average Bonchev–Trinajstić information content (AvgIpc) is 3.57. The Morgan fingerprint density at radius 2 is 1.93 bits per heavy atom. The molecule has 0 atom stereocenters. The molecule has 4 rings (SSSR count). The first kappa shape index (κ1) is 19.6. The Morgan fingerprint density at radius 1 is 1.20 bits per heavy atom. The summed E-state index contributed by atoms with van der Waals surface area (Å²) in [6.45, 7) is 1.80. The number of carbonyl (C=O) groups is 2. The number of pyridine rings is 1. The number of aromatic amines is 1. The standard InChI is InChI=1S/C21H21N5O4/c1-2-26-18-17(20(29)25-21(26)30)14(10-15(24-18)12-8-9-12)19(28)22-11-16(27)23-13-6-4-3-5-7-13/h3-7,10,12H,2,8-9,11H2,1H3,(H,22,28)(H,23,27)(H,25,29,30). The van der Waals surface area contributed by atoms with E-state index in [2.05, 4.69) is 20.6 Å². The van der Waals surface area contributed by atoms with Crippen LogP contribution in [0, 0.1) is 0 Å². The molecular formula is C21H21N5O4. The normalized spacial score (nSPS) is 13.2. The molecule has 30 heavy (non-hydrogen) atoms. The minimum absolute atomic E-state index is 0.0433. The number of nitrogens with one attached hydrogen (secondary N) is 3. The van der Waals surface area contributed by atoms with Crippen molar-refractivity contribution in [3.05, 3.63) is 68.5 Å². The Kier molecular flexibility index (Phi) is 5.18. The maximum absolute atomic E-state index is 12.9. The summed E-state index contributed by atoms with van der Waals surface area (Å²) in [6.07, 6.45) is 1.89. The third-order valence-corrected chi connectivity index (χ3v) is 4.99. The lowest BCUT2D eigenvalue weighted by atomic mass is 10.1. The van der Waals surface area contributed by atoms with Crippen LogP contribution in [-0.4, -0.2) is 32.9 Å². The molecule has 1 aliphatic rings. The van der Waals surface area contributed by atoms with Crippen LogP contribution in [0.2, 0.25) is 0 Å². The lowest BCUT2D eigenvalue weighted by Gasteiger charge is -2.12. The SMILES string of the molecule is CCn1c(=O)[nH]c(=O)c2c(C(=O)NCC(=O)Nc3ccccc3)cc(C3CC3)nc21. The molecule has 0 spiro atoms. The van der Waals surface area contributed by atoms with Crippen molar-refractivity contribution >= 4 is 28.5 Å². The summed E-state index contributed by atoms with van der Waals surface area (Å²) >= 11 is 0. The van der Waals surface area contributed by atoms with Crippen molar-refractivity contribution < 1.29 is 9.59 Å². The van der Waals surface area contributed by atoms with Gasteiger partial charge in [-0.05, 0) is 38.0 Å². The molecule has 9 nitrogen and oxygen atoms in total. The van der Waals surface area contributed by atoms with Gasteiger partial charge in [-0.3, -0.25) is 23.9 Å². The van der Waals surface area contributed by atoms with Crippen molar-refractivity contribution in [1.29, 1.82) is 0 Å². The monoisotopic (exact) mass is 407 g/mol. The molecule has 154 valence electrons. The Balaban J connectivity index is 1.65. The van der Waals surface area contributed by atoms with Gasteiger partial charge in [-0.15, -0.1) is 0 Å². The summed E-state index contributed by atoms with van der Waals surface area (Å²) in [5.74, 6) is -0.754. The highest BCUT2D eigenvalue weighted by atomic mass is 16.2. The highest BCUT2D eigenvalue weighted by Crippen LogP contribution is 2.39. The van der Waals surface area contributed by atoms with E-state index in [1.165, 1.54) is 4.57 Å². The fourth-order valence-corrected chi connectivity index (χ4v) is 3.34. The summed E-state index contributed by atoms with van der Waals surface area (Å²) in [4.78, 5) is 56.5. The summed E-state index contributed by atoms with van der Waals surface area (Å²) in [5, 5.41) is 5.28.